The van der Waals surface area contributed by atoms with E-state index in [1.165, 1.54) is 40.0 Å². The van der Waals surface area contributed by atoms with Gasteiger partial charge in [-0.1, -0.05) is 5.11 Å². The fourth-order valence-corrected chi connectivity index (χ4v) is 6.87. The first-order valence-corrected chi connectivity index (χ1v) is 16.0. The van der Waals surface area contributed by atoms with Crippen LogP contribution in [-0.4, -0.2) is 100 Å². The Kier molecular flexibility index (Phi) is 9.68. The third kappa shape index (κ3) is 7.01. The van der Waals surface area contributed by atoms with Crippen LogP contribution >= 0.6 is 15.6 Å². The van der Waals surface area contributed by atoms with E-state index in [1.807, 2.05) is 0 Å². The van der Waals surface area contributed by atoms with Crippen LogP contribution in [0.15, 0.2) is 42.3 Å². The first-order valence-electron chi connectivity index (χ1n) is 13.0. The number of aromatic nitrogens is 5. The number of nitrogens with zero attached hydrogens (tertiary/aromatic N) is 8. The quantitative estimate of drug-likeness (QED) is 0.0366. The lowest BCUT2D eigenvalue weighted by molar-refractivity contribution is -0.765. The highest BCUT2D eigenvalue weighted by Crippen LogP contribution is 2.60. The van der Waals surface area contributed by atoms with Gasteiger partial charge in [0.05, 0.1) is 25.6 Å². The van der Waals surface area contributed by atoms with E-state index >= 15 is 0 Å². The molecule has 0 bridgehead atoms. The number of hydrogen-bond donors (Lipinski definition) is 7. The molecule has 0 radical (unpaired) electrons. The van der Waals surface area contributed by atoms with E-state index in [-0.39, 0.29) is 22.5 Å². The van der Waals surface area contributed by atoms with Gasteiger partial charge in [0, 0.05) is 11.0 Å². The lowest BCUT2D eigenvalue weighted by Crippen LogP contribution is -2.46. The van der Waals surface area contributed by atoms with Crippen LogP contribution in [0, 0.1) is 0 Å². The molecule has 25 heteroatoms. The molecular formula is C21H27N10O13P2+. The number of azide groups is 1. The molecule has 0 aromatic carbocycles. The maximum Gasteiger partial charge on any atom is 0.481 e. The number of carbonyl (C=O) groups is 1. The number of phosphoric ester groups is 2. The molecule has 2 aliphatic heterocycles. The molecule has 3 aromatic rings. The average Bonchev–Trinajstić information content (AvgIpc) is 3.65. The molecule has 9 N–H and O–H groups in total. The number of aliphatic hydroxyl groups is 3. The second-order valence-corrected chi connectivity index (χ2v) is 12.9. The SMILES string of the molecule is [N-]=[N+]=N[C@H]1[C@@H](O)[C@H]([n+]2cccc(C(N)=O)c2)O[C@@H]1COP(=O)(O)OP(=O)(O)OC[C@H]1O[C@@H](n2cnc3c(N)ncnc32)[C@H](O)[C@@H]1O. The number of rotatable bonds is 12. The molecule has 2 unspecified atom stereocenters. The van der Waals surface area contributed by atoms with Crippen LogP contribution in [0.2, 0.25) is 0 Å². The van der Waals surface area contributed by atoms with Crippen molar-refractivity contribution in [2.75, 3.05) is 18.9 Å². The number of phosphoric acid groups is 2. The van der Waals surface area contributed by atoms with Crippen molar-refractivity contribution in [1.82, 2.24) is 19.5 Å². The largest absolute Gasteiger partial charge is 0.481 e. The molecule has 5 rings (SSSR count). The Morgan fingerprint density at radius 1 is 1.09 bits per heavy atom. The van der Waals surface area contributed by atoms with Crippen molar-refractivity contribution in [1.29, 1.82) is 0 Å². The summed E-state index contributed by atoms with van der Waals surface area (Å²) in [6, 6.07) is 1.44. The Bertz CT molecular complexity index is 1760. The van der Waals surface area contributed by atoms with Gasteiger partial charge in [-0.05, 0) is 11.6 Å². The number of imidazole rings is 1. The monoisotopic (exact) mass is 689 g/mol. The van der Waals surface area contributed by atoms with E-state index < -0.39 is 83.8 Å². The van der Waals surface area contributed by atoms with Gasteiger partial charge in [-0.25, -0.2) is 24.1 Å². The fraction of sp³-hybridized carbons (Fsp3) is 0.476. The topological polar surface area (TPSA) is 347 Å². The number of nitrogen functional groups attached to an aromatic ring is 1. The zero-order chi connectivity index (χ0) is 33.4. The first kappa shape index (κ1) is 33.7. The average molecular weight is 689 g/mol. The van der Waals surface area contributed by atoms with Crippen molar-refractivity contribution in [3.05, 3.63) is 53.2 Å². The summed E-state index contributed by atoms with van der Waals surface area (Å²) in [7, 11) is -10.8. The normalized spacial score (nSPS) is 30.5. The Balaban J connectivity index is 1.19. The maximum absolute atomic E-state index is 12.5. The van der Waals surface area contributed by atoms with Crippen molar-refractivity contribution in [2.45, 2.75) is 49.0 Å². The molecule has 2 saturated heterocycles. The first-order chi connectivity index (χ1) is 21.7. The van der Waals surface area contributed by atoms with Gasteiger partial charge >= 0.3 is 15.6 Å². The molecule has 10 atom stereocenters. The third-order valence-electron chi connectivity index (χ3n) is 6.93. The number of primary amides is 1. The van der Waals surface area contributed by atoms with Crippen LogP contribution in [0.25, 0.3) is 21.6 Å². The highest BCUT2D eigenvalue weighted by molar-refractivity contribution is 7.61. The zero-order valence-electron chi connectivity index (χ0n) is 23.1. The summed E-state index contributed by atoms with van der Waals surface area (Å²) in [6.45, 7) is -1.81. The standard InChI is InChI=1S/C21H26N10O13P2/c22-17-13-19(26-7-25-17)31(8-27-13)21-16(34)14(32)11(43-21)6-41-46(38,39)44-45(36,37)40-5-10-12(28-29-24)15(33)20(42-10)30-3-1-2-9(4-30)18(23)35/h1-4,7-8,10-12,14-16,20-21,32-34H,5-6H2,(H5-,22,23,25,26,35,36,37,38,39)/p+1/t10-,11-,12-,14-,15-,16-,20-,21-/m1/s1. The van der Waals surface area contributed by atoms with Crippen molar-refractivity contribution in [2.24, 2.45) is 10.8 Å². The van der Waals surface area contributed by atoms with E-state index in [4.69, 9.17) is 35.5 Å². The molecule has 1 amide bonds. The maximum atomic E-state index is 12.5. The molecule has 23 nitrogen and oxygen atoms in total. The van der Waals surface area contributed by atoms with E-state index in [0.29, 0.717) is 0 Å². The molecule has 46 heavy (non-hydrogen) atoms. The van der Waals surface area contributed by atoms with Crippen molar-refractivity contribution in [3.63, 3.8) is 0 Å². The summed E-state index contributed by atoms with van der Waals surface area (Å²) in [5, 5.41) is 35.1. The minimum Gasteiger partial charge on any atom is -0.387 e. The molecule has 0 aliphatic carbocycles. The molecular weight excluding hydrogens is 662 g/mol. The number of carbonyl (C=O) groups excluding carboxylic acids is 1. The summed E-state index contributed by atoms with van der Waals surface area (Å²) in [4.78, 5) is 46.2. The summed E-state index contributed by atoms with van der Waals surface area (Å²) in [5.74, 6) is -0.733. The van der Waals surface area contributed by atoms with Gasteiger partial charge in [0.25, 0.3) is 12.1 Å². The van der Waals surface area contributed by atoms with Gasteiger partial charge < -0.3 is 46.0 Å². The van der Waals surface area contributed by atoms with Crippen molar-refractivity contribution in [3.8, 4) is 0 Å². The Labute approximate surface area is 256 Å². The van der Waals surface area contributed by atoms with Gasteiger partial charge in [0.2, 0.25) is 0 Å². The van der Waals surface area contributed by atoms with Crippen LogP contribution in [0.5, 0.6) is 0 Å². The zero-order valence-corrected chi connectivity index (χ0v) is 24.9. The Hall–Kier alpha value is -3.66. The highest BCUT2D eigenvalue weighted by Gasteiger charge is 2.50. The van der Waals surface area contributed by atoms with Gasteiger partial charge in [0.1, 0.15) is 41.8 Å². The van der Waals surface area contributed by atoms with Gasteiger partial charge in [-0.15, -0.1) is 0 Å². The van der Waals surface area contributed by atoms with E-state index in [9.17, 15) is 39.0 Å². The lowest BCUT2D eigenvalue weighted by Gasteiger charge is -2.20. The lowest BCUT2D eigenvalue weighted by atomic mass is 10.1. The number of amides is 1. The predicted molar refractivity (Wildman–Crippen MR) is 146 cm³/mol. The van der Waals surface area contributed by atoms with Gasteiger partial charge in [0.15, 0.2) is 36.2 Å². The number of anilines is 1. The molecule has 2 fully saturated rings. The van der Waals surface area contributed by atoms with Gasteiger partial charge in [-0.2, -0.15) is 8.88 Å². The molecule has 3 aromatic heterocycles. The second kappa shape index (κ2) is 13.2. The van der Waals surface area contributed by atoms with Crippen molar-refractivity contribution >= 4 is 38.5 Å². The smallest absolute Gasteiger partial charge is 0.387 e. The van der Waals surface area contributed by atoms with Crippen LogP contribution in [0.3, 0.4) is 0 Å². The minimum absolute atomic E-state index is 0.0448. The minimum atomic E-state index is -5.41. The predicted octanol–water partition coefficient (Wildman–Crippen LogP) is -1.70. The molecule has 0 spiro atoms. The number of fused-ring (bicyclic) bond motifs is 1. The highest BCUT2D eigenvalue weighted by atomic mass is 31.3. The van der Waals surface area contributed by atoms with Crippen LogP contribution in [0.1, 0.15) is 22.8 Å². The van der Waals surface area contributed by atoms with E-state index in [0.717, 1.165) is 6.33 Å². The Morgan fingerprint density at radius 2 is 1.78 bits per heavy atom. The summed E-state index contributed by atoms with van der Waals surface area (Å²) >= 11 is 0. The number of aliphatic hydroxyl groups excluding tert-OH is 3. The summed E-state index contributed by atoms with van der Waals surface area (Å²) in [6.07, 6.45) is -5.17. The number of pyridine rings is 1. The van der Waals surface area contributed by atoms with E-state index in [1.54, 1.807) is 0 Å². The molecule has 248 valence electrons. The summed E-state index contributed by atoms with van der Waals surface area (Å²) < 4.78 is 52.5. The fourth-order valence-electron chi connectivity index (χ4n) is 4.78. The van der Waals surface area contributed by atoms with Crippen LogP contribution < -0.4 is 16.0 Å². The van der Waals surface area contributed by atoms with Crippen LogP contribution in [-0.2, 0) is 32.0 Å². The van der Waals surface area contributed by atoms with Crippen molar-refractivity contribution < 1.29 is 66.4 Å². The molecule has 5 heterocycles. The van der Waals surface area contributed by atoms with E-state index in [2.05, 4.69) is 29.3 Å². The number of nitrogens with two attached hydrogens (primary N) is 2. The summed E-state index contributed by atoms with van der Waals surface area (Å²) in [5.41, 5.74) is 20.4. The second-order valence-electron chi connectivity index (χ2n) is 9.89. The van der Waals surface area contributed by atoms with Crippen LogP contribution in [0.4, 0.5) is 5.82 Å². The Morgan fingerprint density at radius 3 is 2.46 bits per heavy atom. The molecule has 2 aliphatic rings. The molecule has 0 saturated carbocycles. The third-order valence-corrected chi connectivity index (χ3v) is 9.53. The number of ether oxygens (including phenoxy) is 2. The number of hydrogen-bond acceptors (Lipinski definition) is 16. The van der Waals surface area contributed by atoms with Gasteiger partial charge in [-0.3, -0.25) is 18.4 Å².